The van der Waals surface area contributed by atoms with Crippen LogP contribution in [0.15, 0.2) is 59.6 Å². The lowest BCUT2D eigenvalue weighted by atomic mass is 10.1. The molecule has 3 aromatic rings. The first-order valence-electron chi connectivity index (χ1n) is 10.9. The molecule has 0 bridgehead atoms. The zero-order chi connectivity index (χ0) is 24.3. The molecule has 34 heavy (non-hydrogen) atoms. The van der Waals surface area contributed by atoms with E-state index in [0.717, 1.165) is 12.0 Å². The molecule has 2 heterocycles. The summed E-state index contributed by atoms with van der Waals surface area (Å²) in [6.45, 7) is 3.83. The van der Waals surface area contributed by atoms with E-state index < -0.39 is 10.0 Å². The van der Waals surface area contributed by atoms with Crippen molar-refractivity contribution in [3.63, 3.8) is 0 Å². The summed E-state index contributed by atoms with van der Waals surface area (Å²) in [7, 11) is -3.73. The van der Waals surface area contributed by atoms with Crippen molar-refractivity contribution in [2.75, 3.05) is 17.2 Å². The zero-order valence-electron chi connectivity index (χ0n) is 18.9. The average molecular weight is 480 g/mol. The largest absolute Gasteiger partial charge is 0.326 e. The van der Waals surface area contributed by atoms with Gasteiger partial charge in [-0.05, 0) is 48.4 Å². The van der Waals surface area contributed by atoms with Gasteiger partial charge in [0.15, 0.2) is 0 Å². The number of fused-ring (bicyclic) bond motifs is 1. The lowest BCUT2D eigenvalue weighted by Gasteiger charge is -2.27. The summed E-state index contributed by atoms with van der Waals surface area (Å²) < 4.78 is 27.5. The predicted molar refractivity (Wildman–Crippen MR) is 128 cm³/mol. The molecule has 176 valence electrons. The van der Waals surface area contributed by atoms with Gasteiger partial charge in [0.25, 0.3) is 5.91 Å². The normalized spacial score (nSPS) is 13.7. The van der Waals surface area contributed by atoms with Crippen LogP contribution in [0.5, 0.6) is 0 Å². The Morgan fingerprint density at radius 1 is 1.03 bits per heavy atom. The molecule has 10 heteroatoms. The smallest absolute Gasteiger partial charge is 0.258 e. The molecule has 2 aromatic carbocycles. The van der Waals surface area contributed by atoms with Crippen LogP contribution in [0.1, 0.15) is 41.0 Å². The first-order chi connectivity index (χ1) is 16.3. The molecule has 0 atom stereocenters. The van der Waals surface area contributed by atoms with Gasteiger partial charge in [-0.2, -0.15) is 4.31 Å². The van der Waals surface area contributed by atoms with E-state index in [0.29, 0.717) is 28.9 Å². The van der Waals surface area contributed by atoms with E-state index in [1.54, 1.807) is 30.5 Å². The van der Waals surface area contributed by atoms with Gasteiger partial charge < -0.3 is 5.32 Å². The van der Waals surface area contributed by atoms with Crippen LogP contribution in [0.25, 0.3) is 0 Å². The van der Waals surface area contributed by atoms with Gasteiger partial charge in [0, 0.05) is 49.4 Å². The van der Waals surface area contributed by atoms with Crippen LogP contribution in [0.3, 0.4) is 0 Å². The molecule has 2 amide bonds. The summed E-state index contributed by atoms with van der Waals surface area (Å²) in [4.78, 5) is 32.5. The lowest BCUT2D eigenvalue weighted by molar-refractivity contribution is -0.114. The molecule has 0 spiro atoms. The third kappa shape index (κ3) is 5.13. The maximum Gasteiger partial charge on any atom is 0.258 e. The SMILES string of the molecule is CCc1ccc(C(=O)Nc2ncc3c(n2)CCN(S(=O)(=O)c2ccc(NC(C)=O)cc2)C3)cc1. The van der Waals surface area contributed by atoms with E-state index in [1.165, 1.54) is 23.4 Å². The number of anilines is 2. The quantitative estimate of drug-likeness (QED) is 0.561. The Labute approximate surface area is 198 Å². The summed E-state index contributed by atoms with van der Waals surface area (Å²) in [5.74, 6) is -0.341. The number of carbonyl (C=O) groups excluding carboxylic acids is 2. The summed E-state index contributed by atoms with van der Waals surface area (Å²) in [6.07, 6.45) is 2.85. The minimum Gasteiger partial charge on any atom is -0.326 e. The molecule has 2 N–H and O–H groups in total. The molecule has 0 saturated carbocycles. The fourth-order valence-corrected chi connectivity index (χ4v) is 5.10. The fraction of sp³-hybridized carbons (Fsp3) is 0.250. The highest BCUT2D eigenvalue weighted by atomic mass is 32.2. The van der Waals surface area contributed by atoms with Gasteiger partial charge in [-0.3, -0.25) is 14.9 Å². The van der Waals surface area contributed by atoms with Crippen LogP contribution in [0.4, 0.5) is 11.6 Å². The van der Waals surface area contributed by atoms with Gasteiger partial charge in [0.1, 0.15) is 0 Å². The number of hydrogen-bond acceptors (Lipinski definition) is 6. The van der Waals surface area contributed by atoms with Gasteiger partial charge in [-0.15, -0.1) is 0 Å². The standard InChI is InChI=1S/C24H25N5O4S/c1-3-17-4-6-18(7-5-17)23(31)28-24-25-14-19-15-29(13-12-22(19)27-24)34(32,33)21-10-8-20(9-11-21)26-16(2)30/h4-11,14H,3,12-13,15H2,1-2H3,(H,26,30)(H,25,27,28,31). The second-order valence-electron chi connectivity index (χ2n) is 7.96. The second-order valence-corrected chi connectivity index (χ2v) is 9.90. The molecular formula is C24H25N5O4S. The van der Waals surface area contributed by atoms with Gasteiger partial charge in [0.2, 0.25) is 21.9 Å². The van der Waals surface area contributed by atoms with Crippen LogP contribution in [-0.2, 0) is 34.2 Å². The number of hydrogen-bond donors (Lipinski definition) is 2. The number of amides is 2. The highest BCUT2D eigenvalue weighted by Crippen LogP contribution is 2.25. The van der Waals surface area contributed by atoms with E-state index in [-0.39, 0.29) is 35.7 Å². The van der Waals surface area contributed by atoms with E-state index >= 15 is 0 Å². The summed E-state index contributed by atoms with van der Waals surface area (Å²) >= 11 is 0. The molecule has 0 radical (unpaired) electrons. The van der Waals surface area contributed by atoms with Gasteiger partial charge in [-0.1, -0.05) is 19.1 Å². The number of aromatic nitrogens is 2. The average Bonchev–Trinajstić information content (AvgIpc) is 2.83. The van der Waals surface area contributed by atoms with Crippen LogP contribution in [0.2, 0.25) is 0 Å². The Bertz CT molecular complexity index is 1320. The molecule has 4 rings (SSSR count). The number of carbonyl (C=O) groups is 2. The van der Waals surface area contributed by atoms with Gasteiger partial charge >= 0.3 is 0 Å². The van der Waals surface area contributed by atoms with E-state index in [9.17, 15) is 18.0 Å². The highest BCUT2D eigenvalue weighted by Gasteiger charge is 2.29. The van der Waals surface area contributed by atoms with Crippen LogP contribution in [0, 0.1) is 0 Å². The molecule has 0 saturated heterocycles. The summed E-state index contributed by atoms with van der Waals surface area (Å²) in [5.41, 5.74) is 3.58. The third-order valence-corrected chi connectivity index (χ3v) is 7.42. The van der Waals surface area contributed by atoms with Crippen molar-refractivity contribution in [2.24, 2.45) is 0 Å². The van der Waals surface area contributed by atoms with E-state index in [2.05, 4.69) is 20.6 Å². The van der Waals surface area contributed by atoms with Crippen molar-refractivity contribution in [1.82, 2.24) is 14.3 Å². The number of aryl methyl sites for hydroxylation is 1. The minimum atomic E-state index is -3.73. The van der Waals surface area contributed by atoms with Crippen molar-refractivity contribution in [3.8, 4) is 0 Å². The van der Waals surface area contributed by atoms with Gasteiger partial charge in [-0.25, -0.2) is 18.4 Å². The Morgan fingerprint density at radius 3 is 2.38 bits per heavy atom. The maximum absolute atomic E-state index is 13.1. The Morgan fingerprint density at radius 2 is 1.74 bits per heavy atom. The number of benzene rings is 2. The fourth-order valence-electron chi connectivity index (χ4n) is 3.68. The van der Waals surface area contributed by atoms with Crippen molar-refractivity contribution >= 4 is 33.5 Å². The monoisotopic (exact) mass is 479 g/mol. The number of rotatable bonds is 6. The Balaban J connectivity index is 1.45. The zero-order valence-corrected chi connectivity index (χ0v) is 19.7. The van der Waals surface area contributed by atoms with E-state index in [1.807, 2.05) is 19.1 Å². The van der Waals surface area contributed by atoms with Gasteiger partial charge in [0.05, 0.1) is 10.6 Å². The van der Waals surface area contributed by atoms with Crippen molar-refractivity contribution < 1.29 is 18.0 Å². The second kappa shape index (κ2) is 9.70. The Kier molecular flexibility index (Phi) is 6.71. The Hall–Kier alpha value is -3.63. The number of nitrogens with zero attached hydrogens (tertiary/aromatic N) is 3. The van der Waals surface area contributed by atoms with Crippen molar-refractivity contribution in [2.45, 2.75) is 38.1 Å². The predicted octanol–water partition coefficient (Wildman–Crippen LogP) is 3.00. The van der Waals surface area contributed by atoms with Crippen molar-refractivity contribution in [1.29, 1.82) is 0 Å². The highest BCUT2D eigenvalue weighted by molar-refractivity contribution is 7.89. The van der Waals surface area contributed by atoms with Crippen LogP contribution in [-0.4, -0.2) is 41.1 Å². The van der Waals surface area contributed by atoms with Crippen molar-refractivity contribution in [3.05, 3.63) is 77.1 Å². The maximum atomic E-state index is 13.1. The third-order valence-electron chi connectivity index (χ3n) is 5.56. The van der Waals surface area contributed by atoms with Crippen LogP contribution < -0.4 is 10.6 Å². The molecule has 0 unspecified atom stereocenters. The molecule has 1 aromatic heterocycles. The summed E-state index contributed by atoms with van der Waals surface area (Å²) in [5, 5.41) is 5.33. The molecule has 1 aliphatic heterocycles. The van der Waals surface area contributed by atoms with E-state index in [4.69, 9.17) is 0 Å². The molecule has 1 aliphatic rings. The number of sulfonamides is 1. The molecular weight excluding hydrogens is 454 g/mol. The van der Waals surface area contributed by atoms with Crippen LogP contribution >= 0.6 is 0 Å². The number of nitrogens with one attached hydrogen (secondary N) is 2. The molecule has 0 aliphatic carbocycles. The topological polar surface area (TPSA) is 121 Å². The minimum absolute atomic E-state index is 0.137. The molecule has 9 nitrogen and oxygen atoms in total. The molecule has 0 fully saturated rings. The first kappa shape index (κ1) is 23.5. The summed E-state index contributed by atoms with van der Waals surface area (Å²) in [6, 6.07) is 13.4. The first-order valence-corrected chi connectivity index (χ1v) is 12.3. The lowest BCUT2D eigenvalue weighted by Crippen LogP contribution is -2.36.